The van der Waals surface area contributed by atoms with E-state index in [1.165, 1.54) is 45.4 Å². The summed E-state index contributed by atoms with van der Waals surface area (Å²) >= 11 is 11.7. The Kier molecular flexibility index (Phi) is 37.4. The standard InChI is InChI=1S/C23H24F3N5O.C23H21F3N4O2.C22H17ClN4O2.C13H9ClF3N3O.4CH4/c1-14(27)19-8-6-15(12-29-19)10-22-30-13-18(23(24,25)26)20(31-22)9-7-16-4-2-3-5-17(16)11-21(28)32;1-14(31)19-8-6-15(12-28-19)10-22-29-13-18(23(24,25)26)20(30-22)9-7-16-4-2-3-5-17(16)11-21(27)32;1-14(28)19-8-6-15(12-25-19)10-22-26-13-18(23)20(27-22)9-7-16-4-2-3-5-17(16)11-21(24)29;1-7(21)10-3-2-8(5-18-10)4-11-19-6-9(12(14)20-11)13(15,16)17;;;;/h2-6,8,12-14H,7,9-11,27H2,1H3,(H2,28,32);2-6,8,12-13H,7,9-11H2,1H3,(H2,27,32);2-6,8,12-13H,10-11H2,1H3,(H2,24,29);2-3,5-6H,4H2,1H3;4*1H4. The maximum atomic E-state index is 13.5. The molecule has 1 atom stereocenters. The lowest BCUT2D eigenvalue weighted by molar-refractivity contribution is -0.139. The van der Waals surface area contributed by atoms with E-state index in [4.69, 9.17) is 46.1 Å². The quantitative estimate of drug-likeness (QED) is 0.0189. The van der Waals surface area contributed by atoms with Gasteiger partial charge in [-0.2, -0.15) is 39.5 Å². The minimum Gasteiger partial charge on any atom is -0.369 e. The summed E-state index contributed by atoms with van der Waals surface area (Å²) in [5, 5.41) is -0.306. The van der Waals surface area contributed by atoms with Crippen LogP contribution >= 0.6 is 23.2 Å². The van der Waals surface area contributed by atoms with E-state index in [-0.39, 0.29) is 146 Å². The number of hydrogen-bond acceptors (Lipinski definition) is 19. The Morgan fingerprint density at radius 2 is 0.712 bits per heavy atom. The highest BCUT2D eigenvalue weighted by molar-refractivity contribution is 6.31. The van der Waals surface area contributed by atoms with Gasteiger partial charge in [0.15, 0.2) is 17.3 Å². The molecule has 1 unspecified atom stereocenters. The topological polar surface area (TPSA) is 361 Å². The number of nitrogens with zero attached hydrogens (tertiary/aromatic N) is 12. The number of carbonyl (C=O) groups excluding carboxylic acids is 6. The van der Waals surface area contributed by atoms with Crippen molar-refractivity contribution in [2.24, 2.45) is 22.9 Å². The summed E-state index contributed by atoms with van der Waals surface area (Å²) in [4.78, 5) is 116. The molecule has 118 heavy (non-hydrogen) atoms. The second-order valence-electron chi connectivity index (χ2n) is 25.5. The van der Waals surface area contributed by atoms with Crippen molar-refractivity contribution >= 4 is 58.3 Å². The van der Waals surface area contributed by atoms with Crippen molar-refractivity contribution < 1.29 is 68.3 Å². The molecule has 8 heterocycles. The van der Waals surface area contributed by atoms with E-state index in [0.717, 1.165) is 45.9 Å². The number of halogens is 11. The number of benzene rings is 3. The summed E-state index contributed by atoms with van der Waals surface area (Å²) < 4.78 is 119. The van der Waals surface area contributed by atoms with E-state index in [1.54, 1.807) is 97.3 Å². The lowest BCUT2D eigenvalue weighted by Gasteiger charge is -2.14. The molecule has 3 aromatic carbocycles. The maximum Gasteiger partial charge on any atom is 0.420 e. The van der Waals surface area contributed by atoms with Crippen molar-refractivity contribution in [3.63, 3.8) is 0 Å². The van der Waals surface area contributed by atoms with Crippen LogP contribution in [0.3, 0.4) is 0 Å². The number of alkyl halides is 9. The fourth-order valence-corrected chi connectivity index (χ4v) is 11.3. The number of rotatable bonds is 24. The van der Waals surface area contributed by atoms with Gasteiger partial charge in [-0.1, -0.05) is 150 Å². The second kappa shape index (κ2) is 45.1. The van der Waals surface area contributed by atoms with Crippen LogP contribution in [0.5, 0.6) is 0 Å². The van der Waals surface area contributed by atoms with Crippen molar-refractivity contribution in [2.45, 2.75) is 153 Å². The van der Waals surface area contributed by atoms with Gasteiger partial charge in [-0.3, -0.25) is 48.7 Å². The average molecular weight is 1670 g/mol. The third kappa shape index (κ3) is 30.3. The van der Waals surface area contributed by atoms with Crippen LogP contribution in [0, 0.1) is 11.8 Å². The van der Waals surface area contributed by atoms with Gasteiger partial charge in [0.05, 0.1) is 58.7 Å². The van der Waals surface area contributed by atoms with Crippen molar-refractivity contribution in [1.29, 1.82) is 0 Å². The molecule has 0 bridgehead atoms. The average Bonchev–Trinajstić information content (AvgIpc) is 0.816. The predicted molar refractivity (Wildman–Crippen MR) is 430 cm³/mol. The smallest absolute Gasteiger partial charge is 0.369 e. The molecule has 3 amide bonds. The number of Topliss-reactive ketones (excluding diaryl/α,β-unsaturated/α-hetero) is 3. The van der Waals surface area contributed by atoms with Gasteiger partial charge >= 0.3 is 18.5 Å². The number of nitrogens with two attached hydrogens (primary N) is 4. The van der Waals surface area contributed by atoms with Crippen LogP contribution in [0.2, 0.25) is 10.2 Å². The number of hydrogen-bond donors (Lipinski definition) is 4. The second-order valence-corrected chi connectivity index (χ2v) is 26.3. The third-order valence-corrected chi connectivity index (χ3v) is 17.1. The van der Waals surface area contributed by atoms with E-state index < -0.39 is 58.1 Å². The number of amides is 3. The van der Waals surface area contributed by atoms with Gasteiger partial charge in [0.1, 0.15) is 56.8 Å². The molecule has 0 aliphatic rings. The summed E-state index contributed by atoms with van der Waals surface area (Å²) in [5.41, 5.74) is 28.0. The van der Waals surface area contributed by atoms with Gasteiger partial charge in [0.2, 0.25) is 17.7 Å². The van der Waals surface area contributed by atoms with Crippen LogP contribution in [0.4, 0.5) is 39.5 Å². The van der Waals surface area contributed by atoms with Gasteiger partial charge in [-0.15, -0.1) is 0 Å². The minimum absolute atomic E-state index is 0. The first kappa shape index (κ1) is 97.8. The van der Waals surface area contributed by atoms with Crippen molar-refractivity contribution in [3.05, 3.63) is 317 Å². The van der Waals surface area contributed by atoms with E-state index in [1.807, 2.05) is 37.3 Å². The molecular weight excluding hydrogens is 1580 g/mol. The Bertz CT molecular complexity index is 5320. The van der Waals surface area contributed by atoms with Crippen LogP contribution < -0.4 is 22.9 Å². The molecule has 0 saturated heterocycles. The van der Waals surface area contributed by atoms with E-state index >= 15 is 0 Å². The Morgan fingerprint density at radius 3 is 1.05 bits per heavy atom. The number of aromatic nitrogens is 12. The first-order valence-electron chi connectivity index (χ1n) is 34.6. The molecule has 33 heteroatoms. The van der Waals surface area contributed by atoms with Crippen molar-refractivity contribution in [2.75, 3.05) is 0 Å². The number of aryl methyl sites for hydroxylation is 4. The molecule has 8 aromatic heterocycles. The Balaban J connectivity index is 0.000000331. The van der Waals surface area contributed by atoms with Crippen LogP contribution in [0.1, 0.15) is 213 Å². The van der Waals surface area contributed by atoms with Crippen molar-refractivity contribution in [1.82, 2.24) is 59.8 Å². The first-order chi connectivity index (χ1) is 53.9. The Morgan fingerprint density at radius 1 is 0.381 bits per heavy atom. The third-order valence-electron chi connectivity index (χ3n) is 16.6. The molecule has 0 aliphatic carbocycles. The van der Waals surface area contributed by atoms with Gasteiger partial charge in [0, 0.05) is 101 Å². The first-order valence-corrected chi connectivity index (χ1v) is 35.3. The fraction of sp³-hybridized carbons (Fsp3) is 0.271. The van der Waals surface area contributed by atoms with Gasteiger partial charge in [-0.25, -0.2) is 39.9 Å². The van der Waals surface area contributed by atoms with Gasteiger partial charge in [0.25, 0.3) is 0 Å². The summed E-state index contributed by atoms with van der Waals surface area (Å²) in [7, 11) is 0. The zero-order valence-electron chi connectivity index (χ0n) is 61.3. The molecule has 620 valence electrons. The highest BCUT2D eigenvalue weighted by Gasteiger charge is 2.37. The van der Waals surface area contributed by atoms with Crippen LogP contribution in [0.25, 0.3) is 0 Å². The Labute approximate surface area is 686 Å². The SMILES string of the molecule is C.C.C.C.CC(=O)c1ccc(Cc2ncc(C(F)(F)F)c(CCc3ccccc3CC(N)=O)n2)cn1.CC(=O)c1ccc(Cc2ncc(C(F)(F)F)c(Cl)n2)cn1.CC(=O)c1ccc(Cc2ncc(Cl)c(C#Cc3ccccc3CC(N)=O)n2)cn1.CC(N)c1ccc(Cc2ncc(C(F)(F)F)c(CCc3ccccc3CC(N)=O)n2)cn1. The molecule has 0 saturated carbocycles. The summed E-state index contributed by atoms with van der Waals surface area (Å²) in [6, 6.07) is 34.6. The highest BCUT2D eigenvalue weighted by atomic mass is 35.5. The van der Waals surface area contributed by atoms with E-state index in [2.05, 4.69) is 71.6 Å². The van der Waals surface area contributed by atoms with Gasteiger partial charge in [-0.05, 0) is 119 Å². The maximum absolute atomic E-state index is 13.5. The molecule has 0 spiro atoms. The molecule has 22 nitrogen and oxygen atoms in total. The zero-order valence-corrected chi connectivity index (χ0v) is 62.8. The normalized spacial score (nSPS) is 11.0. The molecule has 8 N–H and O–H groups in total. The summed E-state index contributed by atoms with van der Waals surface area (Å²) in [5.74, 6) is 5.24. The largest absolute Gasteiger partial charge is 0.420 e. The molecular formula is C85H87Cl2F9N16O6. The predicted octanol–water partition coefficient (Wildman–Crippen LogP) is 15.4. The lowest BCUT2D eigenvalue weighted by Crippen LogP contribution is -2.16. The lowest BCUT2D eigenvalue weighted by atomic mass is 9.98. The molecule has 11 aromatic rings. The van der Waals surface area contributed by atoms with E-state index in [0.29, 0.717) is 74.1 Å². The molecule has 0 fully saturated rings. The van der Waals surface area contributed by atoms with Crippen molar-refractivity contribution in [3.8, 4) is 11.8 Å². The monoisotopic (exact) mass is 1670 g/mol. The summed E-state index contributed by atoms with van der Waals surface area (Å²) in [6.45, 7) is 6.07. The number of primary amides is 3. The van der Waals surface area contributed by atoms with E-state index in [9.17, 15) is 68.3 Å². The number of carbonyl (C=O) groups is 6. The van der Waals surface area contributed by atoms with Crippen LogP contribution in [0.15, 0.2) is 171 Å². The van der Waals surface area contributed by atoms with Crippen LogP contribution in [-0.4, -0.2) is 94.9 Å². The fourth-order valence-electron chi connectivity index (χ4n) is 10.9. The minimum atomic E-state index is -4.59. The summed E-state index contributed by atoms with van der Waals surface area (Å²) in [6.07, 6.45) is -2.00. The number of ketones is 3. The Hall–Kier alpha value is -12.5. The van der Waals surface area contributed by atoms with Gasteiger partial charge < -0.3 is 22.9 Å². The molecule has 11 rings (SSSR count). The molecule has 0 radical (unpaired) electrons. The number of pyridine rings is 4. The highest BCUT2D eigenvalue weighted by Crippen LogP contribution is 2.35. The van der Waals surface area contributed by atoms with Crippen LogP contribution in [-0.2, 0) is 104 Å². The molecule has 0 aliphatic heterocycles. The zero-order chi connectivity index (χ0) is 83.0.